The van der Waals surface area contributed by atoms with Crippen molar-refractivity contribution in [1.29, 1.82) is 0 Å². The number of allylic oxidation sites excluding steroid dienone is 4. The number of hydrogen-bond acceptors (Lipinski definition) is 20. The summed E-state index contributed by atoms with van der Waals surface area (Å²) in [5.74, 6) is 0. The summed E-state index contributed by atoms with van der Waals surface area (Å²) in [6.07, 6.45) is -19.4. The number of ether oxygens (including phenoxy) is 8. The summed E-state index contributed by atoms with van der Waals surface area (Å²) in [7, 11) is 0. The summed E-state index contributed by atoms with van der Waals surface area (Å²) in [6, 6.07) is 0. The molecular weight excluding hydrogens is 788 g/mol. The van der Waals surface area contributed by atoms with E-state index in [0.29, 0.717) is 12.8 Å². The van der Waals surface area contributed by atoms with Crippen LogP contribution in [0, 0.1) is 0 Å². The van der Waals surface area contributed by atoms with E-state index >= 15 is 0 Å². The van der Waals surface area contributed by atoms with E-state index in [1.807, 2.05) is 32.9 Å². The fourth-order valence-corrected chi connectivity index (χ4v) is 7.09. The van der Waals surface area contributed by atoms with E-state index in [4.69, 9.17) is 37.9 Å². The highest BCUT2D eigenvalue weighted by molar-refractivity contribution is 5.07. The van der Waals surface area contributed by atoms with Gasteiger partial charge in [-0.2, -0.15) is 0 Å². The van der Waals surface area contributed by atoms with Gasteiger partial charge in [-0.15, -0.1) is 0 Å². The molecule has 4 aliphatic rings. The van der Waals surface area contributed by atoms with Crippen molar-refractivity contribution in [3.05, 3.63) is 34.9 Å². The summed E-state index contributed by atoms with van der Waals surface area (Å²) in [5, 5.41) is 123. The van der Waals surface area contributed by atoms with Gasteiger partial charge < -0.3 is 99.2 Å². The minimum absolute atomic E-state index is 0.0136. The Kier molecular flexibility index (Phi) is 19.7. The van der Waals surface area contributed by atoms with E-state index in [0.717, 1.165) is 29.6 Å². The highest BCUT2D eigenvalue weighted by atomic mass is 16.8. The maximum absolute atomic E-state index is 10.8. The average Bonchev–Trinajstić information content (AvgIpc) is 3.20. The first kappa shape index (κ1) is 50.1. The van der Waals surface area contributed by atoms with Gasteiger partial charge in [0.25, 0.3) is 0 Å². The lowest BCUT2D eigenvalue weighted by Gasteiger charge is -2.45. The summed E-state index contributed by atoms with van der Waals surface area (Å²) in [6.45, 7) is 7.51. The Morgan fingerprint density at radius 2 is 0.864 bits per heavy atom. The van der Waals surface area contributed by atoms with E-state index in [9.17, 15) is 61.3 Å². The van der Waals surface area contributed by atoms with E-state index < -0.39 is 136 Å². The first-order valence-electron chi connectivity index (χ1n) is 20.0. The fraction of sp³-hybridized carbons (Fsp3) is 0.846. The van der Waals surface area contributed by atoms with Crippen molar-refractivity contribution in [2.45, 2.75) is 183 Å². The molecule has 4 rings (SSSR count). The zero-order valence-electron chi connectivity index (χ0n) is 34.1. The fourth-order valence-electron chi connectivity index (χ4n) is 7.09. The minimum Gasteiger partial charge on any atom is -0.394 e. The molecule has 4 aliphatic heterocycles. The maximum Gasteiger partial charge on any atom is 0.187 e. The third-order valence-electron chi connectivity index (χ3n) is 11.1. The molecule has 0 unspecified atom stereocenters. The van der Waals surface area contributed by atoms with E-state index in [2.05, 4.69) is 6.08 Å². The number of hydrogen-bond donors (Lipinski definition) is 12. The van der Waals surface area contributed by atoms with Crippen molar-refractivity contribution in [3.63, 3.8) is 0 Å². The molecule has 0 amide bonds. The van der Waals surface area contributed by atoms with Gasteiger partial charge in [0, 0.05) is 0 Å². The lowest BCUT2D eigenvalue weighted by molar-refractivity contribution is -0.363. The summed E-state index contributed by atoms with van der Waals surface area (Å²) in [5.41, 5.74) is 2.93. The molecule has 0 spiro atoms. The molecule has 4 fully saturated rings. The van der Waals surface area contributed by atoms with Gasteiger partial charge in [-0.05, 0) is 60.3 Å². The van der Waals surface area contributed by atoms with Crippen molar-refractivity contribution in [1.82, 2.24) is 0 Å². The van der Waals surface area contributed by atoms with Gasteiger partial charge in [-0.3, -0.25) is 0 Å². The Hall–Kier alpha value is -1.58. The van der Waals surface area contributed by atoms with Crippen LogP contribution in [0.15, 0.2) is 34.9 Å². The third-order valence-corrected chi connectivity index (χ3v) is 11.1. The van der Waals surface area contributed by atoms with Gasteiger partial charge in [-0.25, -0.2) is 0 Å². The molecular formula is C39H66O20. The Bertz CT molecular complexity index is 1370. The summed E-state index contributed by atoms with van der Waals surface area (Å²) < 4.78 is 45.5. The standard InChI is InChI=1S/C39H66O20/c1-17(9-7-11-19(3)16-53-39-35(31(49)27(45)23(15-41)57-39)59-37-33(51)29(47)25(43)21(5)55-37)8-6-10-18(2)12-13-52-38-34(30(48)26(44)22(14-40)56-38)58-36-32(50)28(46)24(42)20(4)54-36/h8,11-12,20-51H,6-7,9-10,13-16H2,1-5H3/b17-8+,18-12+,19-11+/t20-,21-,22+,23+,24-,25-,26+,27+,28+,29+,30-,31-,32+,33+,34+,35+,36-,37-,38+,39+/m0/s1. The van der Waals surface area contributed by atoms with Crippen molar-refractivity contribution in [3.8, 4) is 0 Å². The highest BCUT2D eigenvalue weighted by Gasteiger charge is 2.52. The molecule has 0 aromatic carbocycles. The summed E-state index contributed by atoms with van der Waals surface area (Å²) >= 11 is 0. The zero-order chi connectivity index (χ0) is 43.7. The van der Waals surface area contributed by atoms with Gasteiger partial charge in [0.1, 0.15) is 85.5 Å². The molecule has 20 atom stereocenters. The van der Waals surface area contributed by atoms with Crippen LogP contribution in [-0.4, -0.2) is 211 Å². The molecule has 4 saturated heterocycles. The van der Waals surface area contributed by atoms with Gasteiger partial charge in [-0.1, -0.05) is 34.9 Å². The van der Waals surface area contributed by atoms with Crippen LogP contribution in [0.2, 0.25) is 0 Å². The SMILES string of the molecule is C/C(=C\CC/C(C)=C/CO[C@@H]1O[C@H](CO)[C@@H](O)[C@H](O)[C@H]1O[C@@H]1O[C@@H](C)[C@H](O)[C@@H](O)[C@H]1O)CC/C=C(\C)CO[C@@H]1O[C@H](CO)[C@@H](O)[C@H](O)[C@H]1O[C@@H]1O[C@@H](C)[C@H](O)[C@@H](O)[C@H]1O. The Balaban J connectivity index is 1.24. The topological polar surface area (TPSA) is 317 Å². The minimum atomic E-state index is -1.67. The van der Waals surface area contributed by atoms with Gasteiger partial charge in [0.2, 0.25) is 0 Å². The molecule has 0 aromatic rings. The second-order valence-corrected chi connectivity index (χ2v) is 15.9. The molecule has 0 aliphatic carbocycles. The van der Waals surface area contributed by atoms with Gasteiger partial charge >= 0.3 is 0 Å². The highest BCUT2D eigenvalue weighted by Crippen LogP contribution is 2.32. The average molecular weight is 855 g/mol. The van der Waals surface area contributed by atoms with E-state index in [1.165, 1.54) is 13.8 Å². The lowest BCUT2D eigenvalue weighted by Crippen LogP contribution is -2.64. The molecule has 4 heterocycles. The molecule has 20 heteroatoms. The predicted molar refractivity (Wildman–Crippen MR) is 202 cm³/mol. The van der Waals surface area contributed by atoms with Crippen molar-refractivity contribution >= 4 is 0 Å². The van der Waals surface area contributed by atoms with Gasteiger partial charge in [0.15, 0.2) is 25.2 Å². The first-order chi connectivity index (χ1) is 27.9. The van der Waals surface area contributed by atoms with Crippen LogP contribution >= 0.6 is 0 Å². The molecule has 59 heavy (non-hydrogen) atoms. The number of aliphatic hydroxyl groups is 12. The van der Waals surface area contributed by atoms with Crippen molar-refractivity contribution in [2.75, 3.05) is 26.4 Å². The predicted octanol–water partition coefficient (Wildman–Crippen LogP) is -3.28. The molecule has 0 aromatic heterocycles. The molecule has 0 saturated carbocycles. The maximum atomic E-state index is 10.8. The first-order valence-corrected chi connectivity index (χ1v) is 20.0. The van der Waals surface area contributed by atoms with Crippen molar-refractivity contribution < 1.29 is 99.2 Å². The van der Waals surface area contributed by atoms with E-state index in [1.54, 1.807) is 0 Å². The van der Waals surface area contributed by atoms with Crippen LogP contribution < -0.4 is 0 Å². The van der Waals surface area contributed by atoms with Crippen LogP contribution in [0.25, 0.3) is 0 Å². The Labute approximate surface area is 343 Å². The molecule has 20 nitrogen and oxygen atoms in total. The smallest absolute Gasteiger partial charge is 0.187 e. The van der Waals surface area contributed by atoms with Crippen LogP contribution in [0.4, 0.5) is 0 Å². The zero-order valence-corrected chi connectivity index (χ0v) is 34.1. The Morgan fingerprint density at radius 1 is 0.458 bits per heavy atom. The van der Waals surface area contributed by atoms with Crippen LogP contribution in [0.1, 0.15) is 60.3 Å². The monoisotopic (exact) mass is 854 g/mol. The second kappa shape index (κ2) is 23.2. The normalized spacial score (nSPS) is 44.2. The Morgan fingerprint density at radius 3 is 1.31 bits per heavy atom. The second-order valence-electron chi connectivity index (χ2n) is 15.9. The van der Waals surface area contributed by atoms with Crippen LogP contribution in [-0.2, 0) is 37.9 Å². The third kappa shape index (κ3) is 13.0. The summed E-state index contributed by atoms with van der Waals surface area (Å²) in [4.78, 5) is 0. The van der Waals surface area contributed by atoms with Crippen LogP contribution in [0.3, 0.4) is 0 Å². The number of rotatable bonds is 18. The van der Waals surface area contributed by atoms with Crippen LogP contribution in [0.5, 0.6) is 0 Å². The molecule has 12 N–H and O–H groups in total. The van der Waals surface area contributed by atoms with Gasteiger partial charge in [0.05, 0.1) is 38.6 Å². The van der Waals surface area contributed by atoms with E-state index in [-0.39, 0.29) is 13.2 Å². The molecule has 342 valence electrons. The molecule has 0 radical (unpaired) electrons. The quantitative estimate of drug-likeness (QED) is 0.0602. The number of aliphatic hydroxyl groups excluding tert-OH is 12. The lowest BCUT2D eigenvalue weighted by atomic mass is 9.97. The van der Waals surface area contributed by atoms with Crippen molar-refractivity contribution in [2.24, 2.45) is 0 Å². The largest absolute Gasteiger partial charge is 0.394 e. The molecule has 0 bridgehead atoms.